The van der Waals surface area contributed by atoms with Crippen LogP contribution in [0.15, 0.2) is 82.8 Å². The van der Waals surface area contributed by atoms with E-state index < -0.39 is 17.0 Å². The standard InChI is InChI=1S/C30H30N2O2.2ClH.Sn/c1-19(23-17-15-21-9-3-5-11-25(21)29(23)33)31-27-13-7-8-14-28(27)32-20(2)24-18-16-22-10-4-6-12-26(22)30(24)34;;;/h3-6,9-12,15-18,27-28,33-34H,7-8,13-14H2,1-2H3;2*1H;/q;;;+4/p-4/t27-,28-;;;/m1.../s1. The molecule has 0 spiro atoms. The molecule has 4 aromatic rings. The van der Waals surface area contributed by atoms with E-state index in [1.54, 1.807) is 0 Å². The topological polar surface area (TPSA) is 43.2 Å². The van der Waals surface area contributed by atoms with E-state index in [4.69, 9.17) is 34.0 Å². The average molecular weight is 638 g/mol. The van der Waals surface area contributed by atoms with E-state index in [-0.39, 0.29) is 12.1 Å². The van der Waals surface area contributed by atoms with Crippen LogP contribution in [0.1, 0.15) is 50.7 Å². The molecule has 1 aliphatic heterocycles. The van der Waals surface area contributed by atoms with Crippen molar-refractivity contribution in [1.29, 1.82) is 0 Å². The zero-order chi connectivity index (χ0) is 25.6. The molecule has 0 radical (unpaired) electrons. The minimum absolute atomic E-state index is 0.105. The second-order valence-corrected chi connectivity index (χ2v) is 21.6. The van der Waals surface area contributed by atoms with Crippen molar-refractivity contribution in [1.82, 2.24) is 0 Å². The number of rotatable bonds is 0. The van der Waals surface area contributed by atoms with Crippen molar-refractivity contribution in [2.45, 2.75) is 51.6 Å². The van der Waals surface area contributed by atoms with Crippen LogP contribution in [0.2, 0.25) is 0 Å². The normalized spacial score (nSPS) is 21.5. The minimum atomic E-state index is -4.70. The Morgan fingerprint density at radius 3 is 1.54 bits per heavy atom. The van der Waals surface area contributed by atoms with Gasteiger partial charge in [0.05, 0.1) is 0 Å². The van der Waals surface area contributed by atoms with Gasteiger partial charge in [-0.3, -0.25) is 0 Å². The molecule has 1 aliphatic carbocycles. The molecule has 37 heavy (non-hydrogen) atoms. The van der Waals surface area contributed by atoms with Crippen LogP contribution in [0, 0.1) is 0 Å². The fourth-order valence-electron chi connectivity index (χ4n) is 5.56. The molecule has 4 aromatic carbocycles. The van der Waals surface area contributed by atoms with E-state index in [2.05, 4.69) is 36.4 Å². The van der Waals surface area contributed by atoms with Gasteiger partial charge in [0.2, 0.25) is 0 Å². The molecular formula is C30H28Cl2N2O2Sn. The van der Waals surface area contributed by atoms with Crippen molar-refractivity contribution in [2.24, 2.45) is 9.98 Å². The molecule has 0 bridgehead atoms. The van der Waals surface area contributed by atoms with E-state index >= 15 is 0 Å². The predicted molar refractivity (Wildman–Crippen MR) is 157 cm³/mol. The monoisotopic (exact) mass is 638 g/mol. The summed E-state index contributed by atoms with van der Waals surface area (Å²) in [7, 11) is 14.1. The summed E-state index contributed by atoms with van der Waals surface area (Å²) in [6.07, 6.45) is 4.33. The Labute approximate surface area is 229 Å². The fraction of sp³-hybridized carbons (Fsp3) is 0.267. The molecule has 7 heteroatoms. The van der Waals surface area contributed by atoms with Gasteiger partial charge in [0.25, 0.3) is 0 Å². The predicted octanol–water partition coefficient (Wildman–Crippen LogP) is 8.31. The summed E-state index contributed by atoms with van der Waals surface area (Å²) in [6.45, 7) is 4.09. The summed E-state index contributed by atoms with van der Waals surface area (Å²) in [4.78, 5) is 10.4. The summed E-state index contributed by atoms with van der Waals surface area (Å²) in [5.74, 6) is 1.29. The maximum atomic E-state index is 7.03. The number of fused-ring (bicyclic) bond motifs is 7. The molecule has 4 nitrogen and oxygen atoms in total. The van der Waals surface area contributed by atoms with Crippen molar-refractivity contribution in [3.05, 3.63) is 83.9 Å². The number of hydrogen-bond donors (Lipinski definition) is 0. The third-order valence-corrected chi connectivity index (χ3v) is 12.0. The van der Waals surface area contributed by atoms with Crippen LogP contribution >= 0.6 is 17.8 Å². The Kier molecular flexibility index (Phi) is 6.84. The summed E-state index contributed by atoms with van der Waals surface area (Å²) in [6, 6.07) is 24.7. The summed E-state index contributed by atoms with van der Waals surface area (Å²) < 4.78 is 13.1. The van der Waals surface area contributed by atoms with Gasteiger partial charge in [0.1, 0.15) is 0 Å². The second kappa shape index (κ2) is 10.1. The van der Waals surface area contributed by atoms with E-state index in [9.17, 15) is 0 Å². The van der Waals surface area contributed by atoms with Crippen molar-refractivity contribution in [2.75, 3.05) is 0 Å². The summed E-state index contributed by atoms with van der Waals surface area (Å²) in [5.41, 5.74) is 3.60. The second-order valence-electron chi connectivity index (χ2n) is 9.84. The van der Waals surface area contributed by atoms with Gasteiger partial charge in [-0.15, -0.1) is 0 Å². The number of hydrogen-bond acceptors (Lipinski definition) is 4. The Hall–Kier alpha value is -2.28. The Bertz CT molecular complexity index is 1450. The quantitative estimate of drug-likeness (QED) is 0.182. The van der Waals surface area contributed by atoms with Crippen LogP contribution in [-0.4, -0.2) is 40.5 Å². The van der Waals surface area contributed by atoms with Gasteiger partial charge >= 0.3 is 231 Å². The molecule has 0 unspecified atom stereocenters. The van der Waals surface area contributed by atoms with Gasteiger partial charge in [-0.2, -0.15) is 0 Å². The van der Waals surface area contributed by atoms with Crippen LogP contribution in [-0.2, 0) is 0 Å². The first-order valence-corrected chi connectivity index (χ1v) is 22.3. The van der Waals surface area contributed by atoms with Gasteiger partial charge in [-0.1, -0.05) is 0 Å². The van der Waals surface area contributed by atoms with Crippen LogP contribution in [0.25, 0.3) is 21.5 Å². The summed E-state index contributed by atoms with van der Waals surface area (Å²) in [5, 5.41) is 3.99. The van der Waals surface area contributed by atoms with Crippen molar-refractivity contribution in [3.8, 4) is 11.5 Å². The van der Waals surface area contributed by atoms with Crippen LogP contribution in [0.3, 0.4) is 0 Å². The zero-order valence-corrected chi connectivity index (χ0v) is 25.2. The van der Waals surface area contributed by atoms with Gasteiger partial charge in [-0.25, -0.2) is 0 Å². The van der Waals surface area contributed by atoms with E-state index in [1.165, 1.54) is 0 Å². The molecule has 0 N–H and O–H groups in total. The third kappa shape index (κ3) is 4.96. The van der Waals surface area contributed by atoms with E-state index in [1.807, 2.05) is 50.2 Å². The fourth-order valence-corrected chi connectivity index (χ4v) is 10.4. The van der Waals surface area contributed by atoms with Crippen molar-refractivity contribution >= 4 is 67.8 Å². The van der Waals surface area contributed by atoms with E-state index in [0.717, 1.165) is 69.8 Å². The Morgan fingerprint density at radius 1 is 0.649 bits per heavy atom. The number of nitrogens with zero attached hydrogens (tertiary/aromatic N) is 2. The van der Waals surface area contributed by atoms with Crippen LogP contribution in [0.4, 0.5) is 0 Å². The molecule has 188 valence electrons. The molecule has 0 amide bonds. The van der Waals surface area contributed by atoms with Crippen molar-refractivity contribution in [3.63, 3.8) is 0 Å². The first-order chi connectivity index (χ1) is 17.9. The molecular weight excluding hydrogens is 610 g/mol. The van der Waals surface area contributed by atoms with Crippen LogP contribution < -0.4 is 6.15 Å². The Morgan fingerprint density at radius 2 is 1.08 bits per heavy atom. The van der Waals surface area contributed by atoms with Crippen molar-refractivity contribution < 1.29 is 6.15 Å². The molecule has 0 saturated heterocycles. The molecule has 0 aromatic heterocycles. The van der Waals surface area contributed by atoms with Gasteiger partial charge < -0.3 is 0 Å². The van der Waals surface area contributed by atoms with Crippen LogP contribution in [0.5, 0.6) is 11.5 Å². The number of halogens is 2. The molecule has 1 heterocycles. The van der Waals surface area contributed by atoms with E-state index in [0.29, 0.717) is 11.5 Å². The first kappa shape index (κ1) is 25.0. The SMILES string of the molecule is CC1=N[C@@H]2CCCC[C@H]2N=C(C)c2ccc3ccccc3c2[O][Sn]([Cl])([Cl])[O]c2c1ccc1ccccc21. The average Bonchev–Trinajstić information content (AvgIpc) is 2.89. The molecule has 6 rings (SSSR count). The molecule has 2 aliphatic rings. The van der Waals surface area contributed by atoms with Gasteiger partial charge in [-0.05, 0) is 0 Å². The molecule has 2 atom stereocenters. The third-order valence-electron chi connectivity index (χ3n) is 7.39. The Balaban J connectivity index is 1.61. The number of benzene rings is 4. The summed E-state index contributed by atoms with van der Waals surface area (Å²) >= 11 is -4.70. The molecule has 1 saturated carbocycles. The van der Waals surface area contributed by atoms with Gasteiger partial charge in [0, 0.05) is 0 Å². The zero-order valence-electron chi connectivity index (χ0n) is 20.9. The van der Waals surface area contributed by atoms with Gasteiger partial charge in [0.15, 0.2) is 0 Å². The first-order valence-electron chi connectivity index (χ1n) is 12.8. The number of aliphatic imine (C=N–C) groups is 2. The maximum absolute atomic E-state index is 7.03. The molecule has 1 fully saturated rings.